The second-order valence-electron chi connectivity index (χ2n) is 8.13. The summed E-state index contributed by atoms with van der Waals surface area (Å²) in [5, 5.41) is 0. The molecule has 0 bridgehead atoms. The number of hydrogen-bond acceptors (Lipinski definition) is 2. The molecule has 25 heavy (non-hydrogen) atoms. The molecule has 1 heterocycles. The maximum atomic E-state index is 6.07. The Morgan fingerprint density at radius 3 is 2.08 bits per heavy atom. The van der Waals surface area contributed by atoms with Crippen molar-refractivity contribution < 1.29 is 9.47 Å². The van der Waals surface area contributed by atoms with Crippen LogP contribution in [0.2, 0.25) is 0 Å². The van der Waals surface area contributed by atoms with Gasteiger partial charge in [-0.3, -0.25) is 0 Å². The Balaban J connectivity index is 1.73. The smallest absolute Gasteiger partial charge is 0.183 e. The van der Waals surface area contributed by atoms with Gasteiger partial charge in [-0.15, -0.1) is 0 Å². The number of unbranched alkanes of at least 4 members (excludes halogenated alkanes) is 6. The third-order valence-corrected chi connectivity index (χ3v) is 5.37. The molecular weight excluding hydrogens is 308 g/mol. The molecule has 2 nitrogen and oxygen atoms in total. The Bertz CT molecular complexity index is 457. The molecule has 1 aromatic rings. The summed E-state index contributed by atoms with van der Waals surface area (Å²) < 4.78 is 12.1. The molecule has 0 aromatic heterocycles. The van der Waals surface area contributed by atoms with Crippen LogP contribution in [0.15, 0.2) is 24.3 Å². The average molecular weight is 347 g/mol. The highest BCUT2D eigenvalue weighted by molar-refractivity contribution is 5.23. The number of rotatable bonds is 11. The molecule has 0 N–H and O–H groups in total. The summed E-state index contributed by atoms with van der Waals surface area (Å²) in [6.45, 7) is 8.44. The molecule has 1 saturated heterocycles. The molecule has 0 aliphatic carbocycles. The highest BCUT2D eigenvalue weighted by Gasteiger charge is 2.32. The first-order chi connectivity index (χ1) is 12.2. The monoisotopic (exact) mass is 346 g/mol. The molecule has 0 spiro atoms. The SMILES string of the molecule is CCCCCCC[C@]1(C)CO[C@@H](c2ccc(CCCCC)cc2)OC1. The van der Waals surface area contributed by atoms with E-state index in [9.17, 15) is 0 Å². The van der Waals surface area contributed by atoms with Gasteiger partial charge in [-0.1, -0.05) is 90.0 Å². The van der Waals surface area contributed by atoms with E-state index in [1.54, 1.807) is 0 Å². The van der Waals surface area contributed by atoms with E-state index in [-0.39, 0.29) is 11.7 Å². The standard InChI is InChI=1S/C23H38O2/c1-4-6-8-9-11-17-23(3)18-24-22(25-19-23)21-15-13-20(14-16-21)12-10-7-5-2/h13-16,22H,4-12,17-19H2,1-3H3/t22-,23-. The first-order valence-electron chi connectivity index (χ1n) is 10.5. The molecule has 1 aromatic carbocycles. The van der Waals surface area contributed by atoms with Crippen LogP contribution in [0.25, 0.3) is 0 Å². The minimum absolute atomic E-state index is 0.183. The topological polar surface area (TPSA) is 18.5 Å². The van der Waals surface area contributed by atoms with Crippen molar-refractivity contribution in [3.63, 3.8) is 0 Å². The fraction of sp³-hybridized carbons (Fsp3) is 0.739. The highest BCUT2D eigenvalue weighted by atomic mass is 16.7. The molecule has 142 valence electrons. The molecule has 0 radical (unpaired) electrons. The third kappa shape index (κ3) is 7.11. The van der Waals surface area contributed by atoms with E-state index in [1.807, 2.05) is 0 Å². The number of aryl methyl sites for hydroxylation is 1. The predicted octanol–water partition coefficient (Wildman–Crippen LogP) is 6.83. The van der Waals surface area contributed by atoms with E-state index >= 15 is 0 Å². The number of hydrogen-bond donors (Lipinski definition) is 0. The molecule has 2 rings (SSSR count). The summed E-state index contributed by atoms with van der Waals surface area (Å²) in [6, 6.07) is 8.83. The van der Waals surface area contributed by atoms with Crippen LogP contribution in [0, 0.1) is 5.41 Å². The minimum atomic E-state index is -0.183. The van der Waals surface area contributed by atoms with Crippen molar-refractivity contribution >= 4 is 0 Å². The minimum Gasteiger partial charge on any atom is -0.348 e. The van der Waals surface area contributed by atoms with Crippen molar-refractivity contribution in [2.45, 2.75) is 91.3 Å². The van der Waals surface area contributed by atoms with Gasteiger partial charge in [-0.2, -0.15) is 0 Å². The van der Waals surface area contributed by atoms with E-state index < -0.39 is 0 Å². The van der Waals surface area contributed by atoms with Crippen LogP contribution >= 0.6 is 0 Å². The van der Waals surface area contributed by atoms with Gasteiger partial charge in [0.25, 0.3) is 0 Å². The van der Waals surface area contributed by atoms with Crippen molar-refractivity contribution in [3.8, 4) is 0 Å². The maximum Gasteiger partial charge on any atom is 0.183 e. The molecular formula is C23H38O2. The van der Waals surface area contributed by atoms with Crippen molar-refractivity contribution in [1.29, 1.82) is 0 Å². The summed E-state index contributed by atoms with van der Waals surface area (Å²) in [6.07, 6.45) is 12.7. The van der Waals surface area contributed by atoms with Gasteiger partial charge in [0, 0.05) is 11.0 Å². The molecule has 0 unspecified atom stereocenters. The molecule has 1 fully saturated rings. The molecule has 1 aliphatic rings. The van der Waals surface area contributed by atoms with Gasteiger partial charge in [0.05, 0.1) is 13.2 Å². The summed E-state index contributed by atoms with van der Waals surface area (Å²) in [5.74, 6) is 0. The zero-order valence-electron chi connectivity index (χ0n) is 16.7. The van der Waals surface area contributed by atoms with Gasteiger partial charge < -0.3 is 9.47 Å². The lowest BCUT2D eigenvalue weighted by Crippen LogP contribution is -2.36. The average Bonchev–Trinajstić information content (AvgIpc) is 2.63. The Morgan fingerprint density at radius 1 is 0.840 bits per heavy atom. The Morgan fingerprint density at radius 2 is 1.44 bits per heavy atom. The normalized spacial score (nSPS) is 23.7. The molecule has 1 aliphatic heterocycles. The second-order valence-corrected chi connectivity index (χ2v) is 8.13. The van der Waals surface area contributed by atoms with E-state index in [0.29, 0.717) is 0 Å². The lowest BCUT2D eigenvalue weighted by Gasteiger charge is -2.37. The van der Waals surface area contributed by atoms with Gasteiger partial charge in [-0.05, 0) is 24.8 Å². The summed E-state index contributed by atoms with van der Waals surface area (Å²) in [7, 11) is 0. The molecule has 2 heteroatoms. The Labute approximate surface area is 155 Å². The first-order valence-corrected chi connectivity index (χ1v) is 10.5. The van der Waals surface area contributed by atoms with Crippen molar-refractivity contribution in [2.24, 2.45) is 5.41 Å². The van der Waals surface area contributed by atoms with Crippen molar-refractivity contribution in [3.05, 3.63) is 35.4 Å². The fourth-order valence-electron chi connectivity index (χ4n) is 3.56. The van der Waals surface area contributed by atoms with E-state index in [2.05, 4.69) is 45.0 Å². The molecule has 0 saturated carbocycles. The zero-order valence-corrected chi connectivity index (χ0v) is 16.7. The van der Waals surface area contributed by atoms with Gasteiger partial charge in [-0.25, -0.2) is 0 Å². The van der Waals surface area contributed by atoms with Crippen molar-refractivity contribution in [1.82, 2.24) is 0 Å². The summed E-state index contributed by atoms with van der Waals surface area (Å²) in [5.41, 5.74) is 2.76. The fourth-order valence-corrected chi connectivity index (χ4v) is 3.56. The van der Waals surface area contributed by atoms with Crippen molar-refractivity contribution in [2.75, 3.05) is 13.2 Å². The molecule has 0 amide bonds. The van der Waals surface area contributed by atoms with E-state index in [4.69, 9.17) is 9.47 Å². The first kappa shape index (κ1) is 20.5. The maximum absolute atomic E-state index is 6.07. The van der Waals surface area contributed by atoms with Gasteiger partial charge in [0.1, 0.15) is 0 Å². The highest BCUT2D eigenvalue weighted by Crippen LogP contribution is 2.35. The second kappa shape index (κ2) is 11.0. The predicted molar refractivity (Wildman–Crippen MR) is 106 cm³/mol. The van der Waals surface area contributed by atoms with E-state index in [0.717, 1.165) is 18.8 Å². The summed E-state index contributed by atoms with van der Waals surface area (Å²) in [4.78, 5) is 0. The summed E-state index contributed by atoms with van der Waals surface area (Å²) >= 11 is 0. The van der Waals surface area contributed by atoms with Crippen LogP contribution < -0.4 is 0 Å². The quantitative estimate of drug-likeness (QED) is 0.409. The number of ether oxygens (including phenoxy) is 2. The molecule has 0 atom stereocenters. The van der Waals surface area contributed by atoms with Crippen LogP contribution in [0.4, 0.5) is 0 Å². The van der Waals surface area contributed by atoms with E-state index in [1.165, 1.54) is 69.8 Å². The number of benzene rings is 1. The largest absolute Gasteiger partial charge is 0.348 e. The van der Waals surface area contributed by atoms with Crippen LogP contribution in [0.1, 0.15) is 96.0 Å². The van der Waals surface area contributed by atoms with Gasteiger partial charge in [0.2, 0.25) is 0 Å². The third-order valence-electron chi connectivity index (χ3n) is 5.37. The van der Waals surface area contributed by atoms with Gasteiger partial charge in [0.15, 0.2) is 6.29 Å². The lowest BCUT2D eigenvalue weighted by atomic mass is 9.85. The van der Waals surface area contributed by atoms with Crippen LogP contribution in [0.3, 0.4) is 0 Å². The zero-order chi connectivity index (χ0) is 18.0. The van der Waals surface area contributed by atoms with Crippen LogP contribution in [-0.4, -0.2) is 13.2 Å². The lowest BCUT2D eigenvalue weighted by molar-refractivity contribution is -0.232. The Hall–Kier alpha value is -0.860. The Kier molecular flexibility index (Phi) is 8.98. The van der Waals surface area contributed by atoms with Crippen LogP contribution in [0.5, 0.6) is 0 Å². The van der Waals surface area contributed by atoms with Gasteiger partial charge >= 0.3 is 0 Å². The van der Waals surface area contributed by atoms with Crippen LogP contribution in [-0.2, 0) is 15.9 Å².